The lowest BCUT2D eigenvalue weighted by Gasteiger charge is -2.81. The Morgan fingerprint density at radius 1 is 0.389 bits per heavy atom. The summed E-state index contributed by atoms with van der Waals surface area (Å²) in [7, 11) is -8.04. The molecule has 0 nitrogen and oxygen atoms in total. The highest BCUT2D eigenvalue weighted by molar-refractivity contribution is 7.94. The van der Waals surface area contributed by atoms with Crippen molar-refractivity contribution in [1.82, 2.24) is 0 Å². The van der Waals surface area contributed by atoms with Gasteiger partial charge in [0.25, 0.3) is 0 Å². The molecule has 1 aliphatic heterocycles. The third-order valence-corrected chi connectivity index (χ3v) is 82.8. The summed E-state index contributed by atoms with van der Waals surface area (Å²) in [6.45, 7) is 53.9. The smallest absolute Gasteiger partial charge is 0.0689 e. The summed E-state index contributed by atoms with van der Waals surface area (Å²) in [5.41, 5.74) is 0. The molecular weight excluding hydrogens is 497 g/mol. The van der Waals surface area contributed by atoms with Crippen molar-refractivity contribution in [3.8, 4) is 0 Å². The quantitative estimate of drug-likeness (QED) is 0.316. The molecule has 208 valence electrons. The average molecular weight is 561 g/mol. The van der Waals surface area contributed by atoms with Crippen LogP contribution < -0.4 is 10.4 Å². The molecular formula is C32H64Si4. The molecule has 0 fully saturated rings. The predicted octanol–water partition coefficient (Wildman–Crippen LogP) is 10.2. The van der Waals surface area contributed by atoms with E-state index in [1.54, 1.807) is 0 Å². The van der Waals surface area contributed by atoms with E-state index in [9.17, 15) is 0 Å². The van der Waals surface area contributed by atoms with E-state index in [0.717, 1.165) is 0 Å². The van der Waals surface area contributed by atoms with E-state index < -0.39 is 29.4 Å². The Morgan fingerprint density at radius 2 is 0.556 bits per heavy atom. The Hall–Kier alpha value is 0.0875. The highest BCUT2D eigenvalue weighted by Crippen LogP contribution is 2.73. The first kappa shape index (κ1) is 32.3. The SMILES string of the molecule is CC(C)(C)[Si](C(C)(C)C)(C(C)(C)C)[Si@]1(C)c2ccccc2[Si@@]1(C)[Si](C(C)(C)C)(C(C)(C)C)C(C)(C)C. The maximum absolute atomic E-state index is 2.99. The molecule has 0 saturated carbocycles. The fraction of sp³-hybridized carbons (Fsp3) is 0.812. The lowest BCUT2D eigenvalue weighted by Crippen LogP contribution is -3.07. The van der Waals surface area contributed by atoms with Crippen molar-refractivity contribution < 1.29 is 0 Å². The van der Waals surface area contributed by atoms with Gasteiger partial charge in [0.1, 0.15) is 0 Å². The van der Waals surface area contributed by atoms with Crippen molar-refractivity contribution in [3.05, 3.63) is 24.3 Å². The first-order valence-corrected chi connectivity index (χ1v) is 26.6. The molecule has 0 saturated heterocycles. The van der Waals surface area contributed by atoms with Crippen molar-refractivity contribution >= 4 is 39.8 Å². The fourth-order valence-corrected chi connectivity index (χ4v) is 130. The number of hydrogen-bond acceptors (Lipinski definition) is 0. The van der Waals surface area contributed by atoms with E-state index in [4.69, 9.17) is 0 Å². The molecule has 1 aromatic carbocycles. The van der Waals surface area contributed by atoms with E-state index in [0.29, 0.717) is 30.2 Å². The maximum atomic E-state index is 2.99. The summed E-state index contributed by atoms with van der Waals surface area (Å²) in [6.07, 6.45) is 0. The summed E-state index contributed by atoms with van der Waals surface area (Å²) in [4.78, 5) is 0. The summed E-state index contributed by atoms with van der Waals surface area (Å²) in [5, 5.41) is 5.67. The van der Waals surface area contributed by atoms with Crippen molar-refractivity contribution in [1.29, 1.82) is 0 Å². The zero-order chi connectivity index (χ0) is 29.0. The van der Waals surface area contributed by atoms with Gasteiger partial charge in [-0.25, -0.2) is 0 Å². The summed E-state index contributed by atoms with van der Waals surface area (Å²) < 4.78 is 0. The molecule has 0 aromatic heterocycles. The van der Waals surface area contributed by atoms with Crippen LogP contribution in [0.5, 0.6) is 0 Å². The number of hydrogen-bond donors (Lipinski definition) is 0. The van der Waals surface area contributed by atoms with E-state index in [1.165, 1.54) is 0 Å². The summed E-state index contributed by atoms with van der Waals surface area (Å²) >= 11 is 0. The van der Waals surface area contributed by atoms with Crippen LogP contribution in [0.3, 0.4) is 0 Å². The lowest BCUT2D eigenvalue weighted by molar-refractivity contribution is 0.549. The highest BCUT2D eigenvalue weighted by Gasteiger charge is 2.86. The molecule has 0 radical (unpaired) electrons. The van der Waals surface area contributed by atoms with Crippen LogP contribution in [0.25, 0.3) is 0 Å². The zero-order valence-corrected chi connectivity index (χ0v) is 32.3. The van der Waals surface area contributed by atoms with Crippen LogP contribution in [0.1, 0.15) is 125 Å². The first-order valence-electron chi connectivity index (χ1n) is 14.6. The molecule has 1 aromatic rings. The highest BCUT2D eigenvalue weighted by atomic mass is 29.8. The third kappa shape index (κ3) is 3.44. The van der Waals surface area contributed by atoms with Crippen LogP contribution in [-0.4, -0.2) is 29.4 Å². The van der Waals surface area contributed by atoms with Gasteiger partial charge in [-0.2, -0.15) is 0 Å². The Morgan fingerprint density at radius 3 is 0.694 bits per heavy atom. The Bertz CT molecular complexity index is 827. The van der Waals surface area contributed by atoms with Crippen molar-refractivity contribution in [2.75, 3.05) is 0 Å². The third-order valence-electron chi connectivity index (χ3n) is 11.3. The minimum atomic E-state index is -2.04. The van der Waals surface area contributed by atoms with Crippen LogP contribution in [0.2, 0.25) is 43.3 Å². The molecule has 0 aliphatic carbocycles. The van der Waals surface area contributed by atoms with E-state index >= 15 is 0 Å². The Balaban J connectivity index is 3.46. The van der Waals surface area contributed by atoms with Gasteiger partial charge >= 0.3 is 0 Å². The first-order chi connectivity index (χ1) is 15.5. The average Bonchev–Trinajstić information content (AvgIpc) is 2.54. The number of rotatable bonds is 2. The molecule has 0 bridgehead atoms. The monoisotopic (exact) mass is 560 g/mol. The molecule has 2 rings (SSSR count). The van der Waals surface area contributed by atoms with Gasteiger partial charge in [-0.05, 0) is 30.2 Å². The molecule has 1 heterocycles. The van der Waals surface area contributed by atoms with Crippen molar-refractivity contribution in [2.45, 2.75) is 168 Å². The van der Waals surface area contributed by atoms with Crippen LogP contribution in [-0.2, 0) is 0 Å². The topological polar surface area (TPSA) is 0 Å². The van der Waals surface area contributed by atoms with Crippen molar-refractivity contribution in [3.63, 3.8) is 0 Å². The minimum Gasteiger partial charge on any atom is -0.0689 e. The predicted molar refractivity (Wildman–Crippen MR) is 179 cm³/mol. The van der Waals surface area contributed by atoms with Crippen LogP contribution >= 0.6 is 0 Å². The van der Waals surface area contributed by atoms with E-state index in [-0.39, 0.29) is 0 Å². The molecule has 0 spiro atoms. The normalized spacial score (nSPS) is 24.9. The molecule has 0 unspecified atom stereocenters. The van der Waals surface area contributed by atoms with Gasteiger partial charge in [-0.1, -0.05) is 172 Å². The second-order valence-corrected chi connectivity index (χ2v) is 55.9. The largest absolute Gasteiger partial charge is 0.0760 e. The van der Waals surface area contributed by atoms with Crippen LogP contribution in [0.15, 0.2) is 24.3 Å². The van der Waals surface area contributed by atoms with E-state index in [1.807, 2.05) is 10.4 Å². The van der Waals surface area contributed by atoms with Crippen LogP contribution in [0.4, 0.5) is 0 Å². The fourth-order valence-electron chi connectivity index (χ4n) is 14.2. The number of fused-ring (bicyclic) bond motifs is 1. The maximum Gasteiger partial charge on any atom is 0.0760 e. The second-order valence-electron chi connectivity index (χ2n) is 18.8. The van der Waals surface area contributed by atoms with Gasteiger partial charge < -0.3 is 0 Å². The molecule has 1 aliphatic rings. The lowest BCUT2D eigenvalue weighted by atomic mass is 10.2. The molecule has 2 atom stereocenters. The summed E-state index contributed by atoms with van der Waals surface area (Å²) in [5.74, 6) is 0. The van der Waals surface area contributed by atoms with Crippen molar-refractivity contribution in [2.24, 2.45) is 0 Å². The summed E-state index contributed by atoms with van der Waals surface area (Å²) in [6, 6.07) is 10.0. The van der Waals surface area contributed by atoms with Gasteiger partial charge in [-0.3, -0.25) is 0 Å². The van der Waals surface area contributed by atoms with Gasteiger partial charge in [0.15, 0.2) is 0 Å². The minimum absolute atomic E-state index is 0.320. The van der Waals surface area contributed by atoms with E-state index in [2.05, 4.69) is 162 Å². The second kappa shape index (κ2) is 8.30. The molecule has 36 heavy (non-hydrogen) atoms. The van der Waals surface area contributed by atoms with Gasteiger partial charge in [0, 0.05) is 0 Å². The standard InChI is InChI=1S/C32H64Si4/c1-27(2,3)35(28(4,5)6,29(7,8)9)33(19)25-23-21-22-24-26(25)34(33,20)36(30(10,11)12,31(13,14)15)32(16,17)18/h21-24H,1-20H3/t33-,34-/m1/s1. The zero-order valence-electron chi connectivity index (χ0n) is 28.3. The van der Waals surface area contributed by atoms with Gasteiger partial charge in [0.05, 0.1) is 29.4 Å². The number of benzene rings is 1. The van der Waals surface area contributed by atoms with Gasteiger partial charge in [-0.15, -0.1) is 0 Å². The van der Waals surface area contributed by atoms with Crippen LogP contribution in [0, 0.1) is 0 Å². The molecule has 0 N–H and O–H groups in total. The Labute approximate surface area is 231 Å². The van der Waals surface area contributed by atoms with Gasteiger partial charge in [0.2, 0.25) is 0 Å². The molecule has 0 amide bonds. The Kier molecular flexibility index (Phi) is 7.45. The molecule has 4 heteroatoms.